The van der Waals surface area contributed by atoms with Gasteiger partial charge in [0.1, 0.15) is 11.5 Å². The number of anilines is 1. The zero-order valence-corrected chi connectivity index (χ0v) is 14.6. The number of non-ortho nitro benzene ring substituents is 1. The van der Waals surface area contributed by atoms with E-state index in [1.54, 1.807) is 18.2 Å². The van der Waals surface area contributed by atoms with Gasteiger partial charge in [0, 0.05) is 29.5 Å². The molecule has 0 unspecified atom stereocenters. The van der Waals surface area contributed by atoms with Crippen molar-refractivity contribution in [2.45, 2.75) is 6.18 Å². The largest absolute Gasteiger partial charge is 0.457 e. The molecule has 1 N–H and O–H groups in total. The Kier molecular flexibility index (Phi) is 5.49. The van der Waals surface area contributed by atoms with Crippen LogP contribution in [-0.4, -0.2) is 10.8 Å². The van der Waals surface area contributed by atoms with Gasteiger partial charge in [0.05, 0.1) is 10.5 Å². The molecule has 0 aliphatic heterocycles. The van der Waals surface area contributed by atoms with Crippen molar-refractivity contribution in [1.29, 1.82) is 0 Å². The first-order valence-electron chi connectivity index (χ1n) is 8.23. The molecule has 6 nitrogen and oxygen atoms in total. The molecule has 148 valence electrons. The smallest absolute Gasteiger partial charge is 0.416 e. The van der Waals surface area contributed by atoms with E-state index in [9.17, 15) is 28.1 Å². The number of carbonyl (C=O) groups excluding carboxylic acids is 1. The number of nitrogens with zero attached hydrogens (tertiary/aromatic N) is 1. The van der Waals surface area contributed by atoms with Gasteiger partial charge in [0.25, 0.3) is 5.69 Å². The summed E-state index contributed by atoms with van der Waals surface area (Å²) in [6.07, 6.45) is -1.91. The van der Waals surface area contributed by atoms with E-state index < -0.39 is 22.6 Å². The fourth-order valence-corrected chi connectivity index (χ4v) is 2.45. The molecule has 29 heavy (non-hydrogen) atoms. The van der Waals surface area contributed by atoms with Crippen LogP contribution in [0.1, 0.15) is 11.3 Å². The maximum absolute atomic E-state index is 12.5. The highest BCUT2D eigenvalue weighted by Gasteiger charge is 2.29. The van der Waals surface area contributed by atoms with Gasteiger partial charge in [-0.3, -0.25) is 14.9 Å². The van der Waals surface area contributed by atoms with Crippen LogP contribution in [0.3, 0.4) is 0 Å². The van der Waals surface area contributed by atoms with Crippen molar-refractivity contribution in [1.82, 2.24) is 0 Å². The van der Waals surface area contributed by atoms with Crippen LogP contribution in [0.5, 0.6) is 0 Å². The van der Waals surface area contributed by atoms with Gasteiger partial charge in [-0.25, -0.2) is 0 Å². The molecule has 1 heterocycles. The van der Waals surface area contributed by atoms with Crippen LogP contribution in [0.2, 0.25) is 0 Å². The third kappa shape index (κ3) is 5.10. The average Bonchev–Trinajstić information content (AvgIpc) is 3.15. The van der Waals surface area contributed by atoms with E-state index in [4.69, 9.17) is 4.42 Å². The van der Waals surface area contributed by atoms with Crippen LogP contribution in [0.4, 0.5) is 24.5 Å². The minimum absolute atomic E-state index is 0.0769. The average molecular weight is 402 g/mol. The molecule has 0 bridgehead atoms. The second kappa shape index (κ2) is 8.01. The Morgan fingerprint density at radius 3 is 2.45 bits per heavy atom. The molecule has 0 radical (unpaired) electrons. The van der Waals surface area contributed by atoms with Crippen molar-refractivity contribution in [3.8, 4) is 11.3 Å². The second-order valence-electron chi connectivity index (χ2n) is 5.91. The van der Waals surface area contributed by atoms with Crippen LogP contribution >= 0.6 is 0 Å². The fourth-order valence-electron chi connectivity index (χ4n) is 2.45. The summed E-state index contributed by atoms with van der Waals surface area (Å²) in [5, 5.41) is 13.3. The molecule has 0 saturated carbocycles. The molecular formula is C20H13F3N2O4. The fraction of sp³-hybridized carbons (Fsp3) is 0.0500. The van der Waals surface area contributed by atoms with Crippen molar-refractivity contribution in [2.75, 3.05) is 5.32 Å². The van der Waals surface area contributed by atoms with Crippen LogP contribution in [-0.2, 0) is 11.0 Å². The van der Waals surface area contributed by atoms with Gasteiger partial charge in [-0.15, -0.1) is 0 Å². The van der Waals surface area contributed by atoms with Crippen molar-refractivity contribution in [3.63, 3.8) is 0 Å². The molecule has 1 aromatic heterocycles. The highest BCUT2D eigenvalue weighted by atomic mass is 19.4. The number of nitro groups is 1. The molecule has 1 amide bonds. The minimum Gasteiger partial charge on any atom is -0.457 e. The first kappa shape index (κ1) is 19.9. The summed E-state index contributed by atoms with van der Waals surface area (Å²) < 4.78 is 43.1. The molecule has 0 fully saturated rings. The van der Waals surface area contributed by atoms with E-state index >= 15 is 0 Å². The second-order valence-corrected chi connectivity index (χ2v) is 5.91. The SMILES string of the molecule is O=C(/C=C/c1ccc(-c2cccc([N+](=O)[O-])c2)o1)Nc1ccc(C(F)(F)F)cc1. The molecule has 3 rings (SSSR count). The van der Waals surface area contributed by atoms with Crippen LogP contribution < -0.4 is 5.32 Å². The summed E-state index contributed by atoms with van der Waals surface area (Å²) in [5.41, 5.74) is -0.167. The van der Waals surface area contributed by atoms with E-state index in [2.05, 4.69) is 5.32 Å². The number of nitro benzene ring substituents is 1. The summed E-state index contributed by atoms with van der Waals surface area (Å²) in [7, 11) is 0. The lowest BCUT2D eigenvalue weighted by atomic mass is 10.1. The Labute approximate surface area is 162 Å². The first-order valence-corrected chi connectivity index (χ1v) is 8.23. The third-order valence-electron chi connectivity index (χ3n) is 3.85. The zero-order chi connectivity index (χ0) is 21.0. The van der Waals surface area contributed by atoms with Crippen molar-refractivity contribution in [2.24, 2.45) is 0 Å². The predicted molar refractivity (Wildman–Crippen MR) is 99.9 cm³/mol. The van der Waals surface area contributed by atoms with Gasteiger partial charge in [-0.2, -0.15) is 13.2 Å². The number of rotatable bonds is 5. The van der Waals surface area contributed by atoms with E-state index in [-0.39, 0.29) is 11.4 Å². The van der Waals surface area contributed by atoms with E-state index in [0.717, 1.165) is 30.3 Å². The van der Waals surface area contributed by atoms with Crippen molar-refractivity contribution in [3.05, 3.63) is 88.2 Å². The monoisotopic (exact) mass is 402 g/mol. The van der Waals surface area contributed by atoms with Crippen molar-refractivity contribution < 1.29 is 27.3 Å². The van der Waals surface area contributed by atoms with E-state index in [0.29, 0.717) is 17.1 Å². The van der Waals surface area contributed by atoms with Gasteiger partial charge in [0.2, 0.25) is 5.91 Å². The molecule has 2 aromatic carbocycles. The van der Waals surface area contributed by atoms with Gasteiger partial charge >= 0.3 is 6.18 Å². The normalized spacial score (nSPS) is 11.6. The Morgan fingerprint density at radius 1 is 1.07 bits per heavy atom. The van der Waals surface area contributed by atoms with E-state index in [1.807, 2.05) is 0 Å². The Hall–Kier alpha value is -3.88. The number of carbonyl (C=O) groups is 1. The van der Waals surface area contributed by atoms with Crippen molar-refractivity contribution >= 4 is 23.4 Å². The lowest BCUT2D eigenvalue weighted by molar-refractivity contribution is -0.384. The Morgan fingerprint density at radius 2 is 1.79 bits per heavy atom. The van der Waals surface area contributed by atoms with Gasteiger partial charge in [0.15, 0.2) is 0 Å². The number of hydrogen-bond acceptors (Lipinski definition) is 4. The summed E-state index contributed by atoms with van der Waals surface area (Å²) >= 11 is 0. The molecule has 0 atom stereocenters. The molecule has 0 saturated heterocycles. The van der Waals surface area contributed by atoms with Gasteiger partial charge < -0.3 is 9.73 Å². The standard InChI is InChI=1S/C20H13F3N2O4/c21-20(22,23)14-4-6-15(7-5-14)24-19(26)11-9-17-8-10-18(29-17)13-2-1-3-16(12-13)25(27)28/h1-12H,(H,24,26)/b11-9+. The summed E-state index contributed by atoms with van der Waals surface area (Å²) in [4.78, 5) is 22.3. The summed E-state index contributed by atoms with van der Waals surface area (Å²) in [6.45, 7) is 0. The highest BCUT2D eigenvalue weighted by Crippen LogP contribution is 2.30. The molecule has 0 aliphatic carbocycles. The summed E-state index contributed by atoms with van der Waals surface area (Å²) in [6, 6.07) is 13.1. The lowest BCUT2D eigenvalue weighted by Gasteiger charge is -2.07. The molecule has 0 spiro atoms. The number of halogens is 3. The predicted octanol–water partition coefficient (Wildman–Crippen LogP) is 5.53. The molecular weight excluding hydrogens is 389 g/mol. The number of amides is 1. The van der Waals surface area contributed by atoms with Crippen LogP contribution in [0.15, 0.2) is 71.2 Å². The molecule has 9 heteroatoms. The Bertz CT molecular complexity index is 1070. The number of furan rings is 1. The minimum atomic E-state index is -4.45. The number of benzene rings is 2. The summed E-state index contributed by atoms with van der Waals surface area (Å²) in [5.74, 6) is 0.156. The quantitative estimate of drug-likeness (QED) is 0.346. The number of hydrogen-bond donors (Lipinski definition) is 1. The maximum Gasteiger partial charge on any atom is 0.416 e. The third-order valence-corrected chi connectivity index (χ3v) is 3.85. The maximum atomic E-state index is 12.5. The molecule has 3 aromatic rings. The van der Waals surface area contributed by atoms with Gasteiger partial charge in [-0.05, 0) is 42.5 Å². The zero-order valence-electron chi connectivity index (χ0n) is 14.6. The van der Waals surface area contributed by atoms with E-state index in [1.165, 1.54) is 24.3 Å². The topological polar surface area (TPSA) is 85.4 Å². The van der Waals surface area contributed by atoms with Crippen LogP contribution in [0.25, 0.3) is 17.4 Å². The number of alkyl halides is 3. The molecule has 0 aliphatic rings. The Balaban J connectivity index is 1.65. The lowest BCUT2D eigenvalue weighted by Crippen LogP contribution is -2.09. The number of nitrogens with one attached hydrogen (secondary N) is 1. The highest BCUT2D eigenvalue weighted by molar-refractivity contribution is 6.01. The van der Waals surface area contributed by atoms with Crippen LogP contribution in [0, 0.1) is 10.1 Å². The van der Waals surface area contributed by atoms with Gasteiger partial charge in [-0.1, -0.05) is 12.1 Å². The first-order chi connectivity index (χ1) is 13.7.